The Bertz CT molecular complexity index is 521. The molecule has 0 spiro atoms. The normalized spacial score (nSPS) is 13.9. The van der Waals surface area contributed by atoms with Gasteiger partial charge in [-0.05, 0) is 18.9 Å². The summed E-state index contributed by atoms with van der Waals surface area (Å²) in [6, 6.07) is 4.63. The topological polar surface area (TPSA) is 83.7 Å². The zero-order valence-electron chi connectivity index (χ0n) is 10.9. The highest BCUT2D eigenvalue weighted by atomic mass is 32.2. The summed E-state index contributed by atoms with van der Waals surface area (Å²) in [7, 11) is 0. The van der Waals surface area contributed by atoms with E-state index in [0.717, 1.165) is 10.6 Å². The second kappa shape index (κ2) is 6.71. The van der Waals surface area contributed by atoms with Gasteiger partial charge in [0.2, 0.25) is 5.91 Å². The minimum absolute atomic E-state index is 0.000548. The van der Waals surface area contributed by atoms with Crippen molar-refractivity contribution in [1.29, 1.82) is 0 Å². The minimum Gasteiger partial charge on any atom is -0.396 e. The maximum atomic E-state index is 12.2. The summed E-state index contributed by atoms with van der Waals surface area (Å²) in [5.74, 6) is 0.747. The lowest BCUT2D eigenvalue weighted by atomic mass is 10.2. The van der Waals surface area contributed by atoms with Crippen LogP contribution < -0.4 is 4.90 Å². The molecule has 0 unspecified atom stereocenters. The molecule has 1 aliphatic rings. The number of carbonyl (C=O) groups excluding carboxylic acids is 1. The van der Waals surface area contributed by atoms with Crippen molar-refractivity contribution in [2.75, 3.05) is 23.8 Å². The molecule has 108 valence electrons. The van der Waals surface area contributed by atoms with Gasteiger partial charge in [-0.25, -0.2) is 0 Å². The number of hydrogen-bond donors (Lipinski definition) is 1. The third kappa shape index (κ3) is 3.29. The van der Waals surface area contributed by atoms with Crippen molar-refractivity contribution in [2.24, 2.45) is 0 Å². The maximum Gasteiger partial charge on any atom is 0.271 e. The van der Waals surface area contributed by atoms with E-state index in [2.05, 4.69) is 0 Å². The molecule has 2 rings (SSSR count). The Hall–Kier alpha value is -1.60. The largest absolute Gasteiger partial charge is 0.396 e. The molecule has 0 aromatic heterocycles. The lowest BCUT2D eigenvalue weighted by molar-refractivity contribution is -0.384. The Morgan fingerprint density at radius 3 is 2.95 bits per heavy atom. The van der Waals surface area contributed by atoms with Crippen LogP contribution in [-0.2, 0) is 4.79 Å². The molecule has 0 atom stereocenters. The second-order valence-corrected chi connectivity index (χ2v) is 5.62. The van der Waals surface area contributed by atoms with Crippen LogP contribution >= 0.6 is 11.8 Å². The molecule has 1 aromatic rings. The van der Waals surface area contributed by atoms with Crippen LogP contribution in [0.4, 0.5) is 11.4 Å². The number of aliphatic hydroxyl groups excluding tert-OH is 1. The smallest absolute Gasteiger partial charge is 0.271 e. The molecule has 0 saturated carbocycles. The van der Waals surface area contributed by atoms with E-state index in [1.54, 1.807) is 22.7 Å². The van der Waals surface area contributed by atoms with Gasteiger partial charge in [-0.15, -0.1) is 11.8 Å². The van der Waals surface area contributed by atoms with E-state index in [9.17, 15) is 14.9 Å². The van der Waals surface area contributed by atoms with Crippen LogP contribution in [0.1, 0.15) is 19.3 Å². The van der Waals surface area contributed by atoms with Crippen molar-refractivity contribution >= 4 is 29.0 Å². The number of nitro groups is 1. The van der Waals surface area contributed by atoms with Gasteiger partial charge in [0.1, 0.15) is 0 Å². The summed E-state index contributed by atoms with van der Waals surface area (Å²) in [6.07, 6.45) is 1.58. The lowest BCUT2D eigenvalue weighted by Gasteiger charge is -2.28. The first-order valence-corrected chi connectivity index (χ1v) is 7.44. The van der Waals surface area contributed by atoms with Gasteiger partial charge in [0.15, 0.2) is 0 Å². The summed E-state index contributed by atoms with van der Waals surface area (Å²) >= 11 is 1.60. The second-order valence-electron chi connectivity index (χ2n) is 4.48. The molecule has 0 bridgehead atoms. The van der Waals surface area contributed by atoms with E-state index in [1.807, 2.05) is 0 Å². The summed E-state index contributed by atoms with van der Waals surface area (Å²) in [5.41, 5.74) is 0.629. The fourth-order valence-electron chi connectivity index (χ4n) is 2.10. The molecule has 1 aliphatic heterocycles. The molecule has 1 N–H and O–H groups in total. The average molecular weight is 296 g/mol. The lowest BCUT2D eigenvalue weighted by Crippen LogP contribution is -2.35. The number of thioether (sulfide) groups is 1. The molecular weight excluding hydrogens is 280 g/mol. The van der Waals surface area contributed by atoms with Gasteiger partial charge in [-0.2, -0.15) is 0 Å². The number of fused-ring (bicyclic) bond motifs is 1. The van der Waals surface area contributed by atoms with Crippen LogP contribution in [0, 0.1) is 10.1 Å². The standard InChI is InChI=1S/C13H16N2O4S/c16-7-2-1-3-13(17)14-6-8-20-12-5-4-10(15(18)19)9-11(12)14/h4-5,9,16H,1-3,6-8H2. The van der Waals surface area contributed by atoms with E-state index in [1.165, 1.54) is 12.1 Å². The Kier molecular flexibility index (Phi) is 4.97. The first kappa shape index (κ1) is 14.8. The van der Waals surface area contributed by atoms with Gasteiger partial charge in [0.25, 0.3) is 5.69 Å². The molecule has 1 amide bonds. The number of nitro benzene ring substituents is 1. The SMILES string of the molecule is O=C(CCCCO)N1CCSc2ccc([N+](=O)[O-])cc21. The summed E-state index contributed by atoms with van der Waals surface area (Å²) in [4.78, 5) is 25.1. The quantitative estimate of drug-likeness (QED) is 0.511. The van der Waals surface area contributed by atoms with Crippen LogP contribution in [0.25, 0.3) is 0 Å². The number of non-ortho nitro benzene ring substituents is 1. The minimum atomic E-state index is -0.450. The number of anilines is 1. The summed E-state index contributed by atoms with van der Waals surface area (Å²) in [6.45, 7) is 0.641. The Morgan fingerprint density at radius 1 is 1.45 bits per heavy atom. The zero-order chi connectivity index (χ0) is 14.5. The third-order valence-electron chi connectivity index (χ3n) is 3.12. The van der Waals surface area contributed by atoms with E-state index >= 15 is 0 Å². The Morgan fingerprint density at radius 2 is 2.25 bits per heavy atom. The third-order valence-corrected chi connectivity index (χ3v) is 4.16. The van der Waals surface area contributed by atoms with Crippen LogP contribution in [-0.4, -0.2) is 34.8 Å². The average Bonchev–Trinajstić information content (AvgIpc) is 2.46. The molecule has 6 nitrogen and oxygen atoms in total. The number of nitrogens with zero attached hydrogens (tertiary/aromatic N) is 2. The summed E-state index contributed by atoms with van der Waals surface area (Å²) < 4.78 is 0. The highest BCUT2D eigenvalue weighted by Gasteiger charge is 2.24. The van der Waals surface area contributed by atoms with E-state index in [4.69, 9.17) is 5.11 Å². The molecule has 0 aliphatic carbocycles. The van der Waals surface area contributed by atoms with Crippen molar-refractivity contribution in [3.63, 3.8) is 0 Å². The number of benzene rings is 1. The van der Waals surface area contributed by atoms with Gasteiger partial charge in [0, 0.05) is 42.4 Å². The van der Waals surface area contributed by atoms with E-state index < -0.39 is 4.92 Å². The van der Waals surface area contributed by atoms with Gasteiger partial charge < -0.3 is 10.0 Å². The summed E-state index contributed by atoms with van der Waals surface area (Å²) in [5, 5.41) is 19.6. The van der Waals surface area contributed by atoms with Crippen LogP contribution in [0.15, 0.2) is 23.1 Å². The Balaban J connectivity index is 2.19. The van der Waals surface area contributed by atoms with Gasteiger partial charge >= 0.3 is 0 Å². The number of carbonyl (C=O) groups is 1. The molecule has 0 saturated heterocycles. The number of aliphatic hydroxyl groups is 1. The van der Waals surface area contributed by atoms with Crippen LogP contribution in [0.5, 0.6) is 0 Å². The van der Waals surface area contributed by atoms with Gasteiger partial charge in [-0.3, -0.25) is 14.9 Å². The van der Waals surface area contributed by atoms with Crippen molar-refractivity contribution < 1.29 is 14.8 Å². The number of amides is 1. The van der Waals surface area contributed by atoms with Gasteiger partial charge in [-0.1, -0.05) is 0 Å². The monoisotopic (exact) mass is 296 g/mol. The molecule has 0 fully saturated rings. The molecular formula is C13H16N2O4S. The van der Waals surface area contributed by atoms with Crippen LogP contribution in [0.3, 0.4) is 0 Å². The highest BCUT2D eigenvalue weighted by molar-refractivity contribution is 7.99. The molecule has 1 heterocycles. The maximum absolute atomic E-state index is 12.2. The molecule has 7 heteroatoms. The fraction of sp³-hybridized carbons (Fsp3) is 0.462. The van der Waals surface area contributed by atoms with Crippen molar-refractivity contribution in [3.8, 4) is 0 Å². The van der Waals surface area contributed by atoms with E-state index in [-0.39, 0.29) is 18.2 Å². The predicted molar refractivity (Wildman–Crippen MR) is 77.1 cm³/mol. The highest BCUT2D eigenvalue weighted by Crippen LogP contribution is 2.37. The molecule has 1 aromatic carbocycles. The first-order valence-electron chi connectivity index (χ1n) is 6.46. The van der Waals surface area contributed by atoms with Gasteiger partial charge in [0.05, 0.1) is 10.6 Å². The Labute approximate surface area is 120 Å². The fourth-order valence-corrected chi connectivity index (χ4v) is 3.08. The number of unbranched alkanes of at least 4 members (excludes halogenated alkanes) is 1. The van der Waals surface area contributed by atoms with E-state index in [0.29, 0.717) is 31.5 Å². The van der Waals surface area contributed by atoms with Crippen molar-refractivity contribution in [3.05, 3.63) is 28.3 Å². The first-order chi connectivity index (χ1) is 9.63. The number of hydrogen-bond acceptors (Lipinski definition) is 5. The van der Waals surface area contributed by atoms with Crippen molar-refractivity contribution in [1.82, 2.24) is 0 Å². The molecule has 20 heavy (non-hydrogen) atoms. The van der Waals surface area contributed by atoms with Crippen LogP contribution in [0.2, 0.25) is 0 Å². The molecule has 0 radical (unpaired) electrons. The predicted octanol–water partition coefficient (Wildman–Crippen LogP) is 2.20. The van der Waals surface area contributed by atoms with Crippen molar-refractivity contribution in [2.45, 2.75) is 24.2 Å². The number of rotatable bonds is 5. The zero-order valence-corrected chi connectivity index (χ0v) is 11.8.